The SMILES string of the molecule is Cc1ccccc1NC(=O)Cc1nnc(SCC(=O)Nc2nc(-c3ccccc3)cs2)n1C. The van der Waals surface area contributed by atoms with Crippen LogP contribution in [0.1, 0.15) is 11.4 Å². The number of nitrogens with one attached hydrogen (secondary N) is 2. The lowest BCUT2D eigenvalue weighted by molar-refractivity contribution is -0.116. The third-order valence-electron chi connectivity index (χ3n) is 4.82. The van der Waals surface area contributed by atoms with Gasteiger partial charge in [-0.25, -0.2) is 4.98 Å². The monoisotopic (exact) mass is 478 g/mol. The molecule has 2 heterocycles. The zero-order valence-electron chi connectivity index (χ0n) is 18.1. The summed E-state index contributed by atoms with van der Waals surface area (Å²) in [6.07, 6.45) is 0.0893. The number of thioether (sulfide) groups is 1. The van der Waals surface area contributed by atoms with Gasteiger partial charge in [0.15, 0.2) is 10.3 Å². The number of amides is 2. The maximum Gasteiger partial charge on any atom is 0.236 e. The summed E-state index contributed by atoms with van der Waals surface area (Å²) in [5.74, 6) is 0.320. The van der Waals surface area contributed by atoms with Gasteiger partial charge < -0.3 is 15.2 Å². The Balaban J connectivity index is 1.29. The molecule has 0 aliphatic heterocycles. The molecule has 2 aromatic heterocycles. The highest BCUT2D eigenvalue weighted by molar-refractivity contribution is 7.99. The fourth-order valence-corrected chi connectivity index (χ4v) is 4.50. The van der Waals surface area contributed by atoms with Crippen molar-refractivity contribution in [2.75, 3.05) is 16.4 Å². The summed E-state index contributed by atoms with van der Waals surface area (Å²) in [7, 11) is 1.78. The van der Waals surface area contributed by atoms with E-state index in [1.165, 1.54) is 23.1 Å². The number of hydrogen-bond donors (Lipinski definition) is 2. The van der Waals surface area contributed by atoms with Gasteiger partial charge in [-0.2, -0.15) is 0 Å². The van der Waals surface area contributed by atoms with Crippen LogP contribution in [0.2, 0.25) is 0 Å². The molecule has 2 aromatic carbocycles. The maximum absolute atomic E-state index is 12.4. The first-order chi connectivity index (χ1) is 16.0. The lowest BCUT2D eigenvalue weighted by Gasteiger charge is -2.08. The van der Waals surface area contributed by atoms with E-state index in [9.17, 15) is 9.59 Å². The molecule has 0 fully saturated rings. The summed E-state index contributed by atoms with van der Waals surface area (Å²) in [6.45, 7) is 1.94. The van der Waals surface area contributed by atoms with Crippen molar-refractivity contribution in [3.05, 3.63) is 71.4 Å². The zero-order valence-corrected chi connectivity index (χ0v) is 19.7. The van der Waals surface area contributed by atoms with Gasteiger partial charge in [0.25, 0.3) is 0 Å². The van der Waals surface area contributed by atoms with E-state index in [4.69, 9.17) is 0 Å². The summed E-state index contributed by atoms with van der Waals surface area (Å²) >= 11 is 2.63. The highest BCUT2D eigenvalue weighted by atomic mass is 32.2. The van der Waals surface area contributed by atoms with Crippen LogP contribution in [0.25, 0.3) is 11.3 Å². The summed E-state index contributed by atoms with van der Waals surface area (Å²) in [6, 6.07) is 17.4. The van der Waals surface area contributed by atoms with Crippen LogP contribution >= 0.6 is 23.1 Å². The molecule has 0 bridgehead atoms. The second kappa shape index (κ2) is 10.4. The first-order valence-corrected chi connectivity index (χ1v) is 12.0. The fraction of sp³-hybridized carbons (Fsp3) is 0.174. The Morgan fingerprint density at radius 1 is 1.00 bits per heavy atom. The van der Waals surface area contributed by atoms with Crippen molar-refractivity contribution in [3.63, 3.8) is 0 Å². The van der Waals surface area contributed by atoms with Crippen LogP contribution in [0, 0.1) is 6.92 Å². The number of aryl methyl sites for hydroxylation is 1. The van der Waals surface area contributed by atoms with E-state index in [-0.39, 0.29) is 24.0 Å². The molecular weight excluding hydrogens is 456 g/mol. The number of anilines is 2. The minimum atomic E-state index is -0.184. The van der Waals surface area contributed by atoms with Crippen molar-refractivity contribution in [3.8, 4) is 11.3 Å². The van der Waals surface area contributed by atoms with Crippen LogP contribution < -0.4 is 10.6 Å². The molecule has 10 heteroatoms. The number of thiazole rings is 1. The summed E-state index contributed by atoms with van der Waals surface area (Å²) < 4.78 is 1.73. The van der Waals surface area contributed by atoms with E-state index in [0.717, 1.165) is 22.5 Å². The quantitative estimate of drug-likeness (QED) is 0.369. The highest BCUT2D eigenvalue weighted by Crippen LogP contribution is 2.25. The third-order valence-corrected chi connectivity index (χ3v) is 6.59. The minimum Gasteiger partial charge on any atom is -0.325 e. The largest absolute Gasteiger partial charge is 0.325 e. The molecule has 0 spiro atoms. The molecule has 168 valence electrons. The third kappa shape index (κ3) is 5.85. The van der Waals surface area contributed by atoms with E-state index >= 15 is 0 Å². The van der Waals surface area contributed by atoms with Crippen LogP contribution in [-0.2, 0) is 23.1 Å². The molecule has 0 saturated carbocycles. The smallest absolute Gasteiger partial charge is 0.236 e. The Morgan fingerprint density at radius 3 is 2.55 bits per heavy atom. The molecule has 4 aromatic rings. The van der Waals surface area contributed by atoms with Crippen molar-refractivity contribution in [1.82, 2.24) is 19.7 Å². The Bertz CT molecular complexity index is 1270. The van der Waals surface area contributed by atoms with Gasteiger partial charge in [0.2, 0.25) is 11.8 Å². The molecule has 0 aliphatic carbocycles. The molecule has 0 unspecified atom stereocenters. The fourth-order valence-electron chi connectivity index (χ4n) is 3.03. The van der Waals surface area contributed by atoms with E-state index < -0.39 is 0 Å². The number of hydrogen-bond acceptors (Lipinski definition) is 7. The van der Waals surface area contributed by atoms with Gasteiger partial charge in [-0.1, -0.05) is 60.3 Å². The molecule has 2 N–H and O–H groups in total. The standard InChI is InChI=1S/C23H22N6O2S2/c1-15-8-6-7-11-17(15)24-20(30)12-19-27-28-23(29(19)2)33-14-21(31)26-22-25-18(13-32-22)16-9-4-3-5-10-16/h3-11,13H,12,14H2,1-2H3,(H,24,30)(H,25,26,31). The summed E-state index contributed by atoms with van der Waals surface area (Å²) in [5.41, 5.74) is 3.59. The second-order valence-electron chi connectivity index (χ2n) is 7.24. The molecule has 8 nitrogen and oxygen atoms in total. The van der Waals surface area contributed by atoms with Crippen molar-refractivity contribution in [2.45, 2.75) is 18.5 Å². The number of para-hydroxylation sites is 1. The maximum atomic E-state index is 12.4. The highest BCUT2D eigenvalue weighted by Gasteiger charge is 2.15. The van der Waals surface area contributed by atoms with Gasteiger partial charge in [0, 0.05) is 23.7 Å². The van der Waals surface area contributed by atoms with Gasteiger partial charge in [0.05, 0.1) is 17.9 Å². The molecule has 0 aliphatic rings. The van der Waals surface area contributed by atoms with E-state index in [1.54, 1.807) is 11.6 Å². The summed E-state index contributed by atoms with van der Waals surface area (Å²) in [5, 5.41) is 17.0. The average molecular weight is 479 g/mol. The van der Waals surface area contributed by atoms with Gasteiger partial charge in [-0.05, 0) is 18.6 Å². The van der Waals surface area contributed by atoms with Crippen molar-refractivity contribution >= 4 is 45.7 Å². The first-order valence-electron chi connectivity index (χ1n) is 10.2. The van der Waals surface area contributed by atoms with Gasteiger partial charge in [0.1, 0.15) is 5.82 Å². The predicted octanol–water partition coefficient (Wildman–Crippen LogP) is 4.16. The molecule has 0 radical (unpaired) electrons. The Hall–Kier alpha value is -3.50. The number of benzene rings is 2. The van der Waals surface area contributed by atoms with Gasteiger partial charge >= 0.3 is 0 Å². The molecule has 0 atom stereocenters. The predicted molar refractivity (Wildman–Crippen MR) is 131 cm³/mol. The van der Waals surface area contributed by atoms with Gasteiger partial charge in [-0.15, -0.1) is 21.5 Å². The normalized spacial score (nSPS) is 10.7. The molecule has 0 saturated heterocycles. The minimum absolute atomic E-state index is 0.0893. The topological polar surface area (TPSA) is 102 Å². The molecular formula is C23H22N6O2S2. The molecule has 4 rings (SSSR count). The van der Waals surface area contributed by atoms with Gasteiger partial charge in [-0.3, -0.25) is 9.59 Å². The number of rotatable bonds is 8. The van der Waals surface area contributed by atoms with Crippen LogP contribution in [0.5, 0.6) is 0 Å². The Morgan fingerprint density at radius 2 is 1.76 bits per heavy atom. The zero-order chi connectivity index (χ0) is 23.2. The Labute approximate surface area is 199 Å². The van der Waals surface area contributed by atoms with Crippen molar-refractivity contribution in [1.29, 1.82) is 0 Å². The molecule has 2 amide bonds. The average Bonchev–Trinajstić information content (AvgIpc) is 3.41. The van der Waals surface area contributed by atoms with Crippen molar-refractivity contribution < 1.29 is 9.59 Å². The second-order valence-corrected chi connectivity index (χ2v) is 9.04. The van der Waals surface area contributed by atoms with E-state index in [2.05, 4.69) is 25.8 Å². The molecule has 33 heavy (non-hydrogen) atoms. The number of carbonyl (C=O) groups is 2. The first kappa shape index (κ1) is 22.7. The van der Waals surface area contributed by atoms with E-state index in [1.807, 2.05) is 66.9 Å². The summed E-state index contributed by atoms with van der Waals surface area (Å²) in [4.78, 5) is 29.2. The van der Waals surface area contributed by atoms with E-state index in [0.29, 0.717) is 16.1 Å². The van der Waals surface area contributed by atoms with Crippen molar-refractivity contribution in [2.24, 2.45) is 7.05 Å². The van der Waals surface area contributed by atoms with Crippen LogP contribution in [0.3, 0.4) is 0 Å². The number of carbonyl (C=O) groups excluding carboxylic acids is 2. The Kier molecular flexibility index (Phi) is 7.16. The lowest BCUT2D eigenvalue weighted by Crippen LogP contribution is -2.17. The number of nitrogens with zero attached hydrogens (tertiary/aromatic N) is 4. The van der Waals surface area contributed by atoms with Crippen LogP contribution in [-0.4, -0.2) is 37.3 Å². The van der Waals surface area contributed by atoms with Crippen LogP contribution in [0.4, 0.5) is 10.8 Å². The number of aromatic nitrogens is 4. The van der Waals surface area contributed by atoms with Crippen LogP contribution in [0.15, 0.2) is 65.1 Å². The lowest BCUT2D eigenvalue weighted by atomic mass is 10.2.